The highest BCUT2D eigenvalue weighted by Gasteiger charge is 2.34. The molecular formula is C47H35N. The van der Waals surface area contributed by atoms with E-state index in [-0.39, 0.29) is 5.41 Å². The largest absolute Gasteiger partial charge is 0.311 e. The Morgan fingerprint density at radius 2 is 0.938 bits per heavy atom. The van der Waals surface area contributed by atoms with Crippen molar-refractivity contribution in [3.05, 3.63) is 187 Å². The number of nitrogens with zero attached hydrogens (tertiary/aromatic N) is 1. The maximum Gasteiger partial charge on any atom is 0.0462 e. The molecule has 0 spiro atoms. The number of benzene rings is 8. The van der Waals surface area contributed by atoms with Crippen LogP contribution >= 0.6 is 0 Å². The molecule has 0 saturated heterocycles. The molecule has 1 aliphatic rings. The zero-order chi connectivity index (χ0) is 32.2. The van der Waals surface area contributed by atoms with Crippen LogP contribution in [0.3, 0.4) is 0 Å². The molecule has 48 heavy (non-hydrogen) atoms. The summed E-state index contributed by atoms with van der Waals surface area (Å²) in [6.07, 6.45) is 0. The zero-order valence-corrected chi connectivity index (χ0v) is 27.2. The van der Waals surface area contributed by atoms with Gasteiger partial charge in [-0.1, -0.05) is 141 Å². The third-order valence-electron chi connectivity index (χ3n) is 10.2. The molecule has 0 aliphatic heterocycles. The normalized spacial score (nSPS) is 13.0. The predicted molar refractivity (Wildman–Crippen MR) is 205 cm³/mol. The van der Waals surface area contributed by atoms with Gasteiger partial charge in [0.1, 0.15) is 0 Å². The maximum atomic E-state index is 2.44. The van der Waals surface area contributed by atoms with E-state index in [0.29, 0.717) is 0 Å². The van der Waals surface area contributed by atoms with Gasteiger partial charge in [0.05, 0.1) is 0 Å². The van der Waals surface area contributed by atoms with Crippen molar-refractivity contribution in [1.82, 2.24) is 0 Å². The van der Waals surface area contributed by atoms with Crippen molar-refractivity contribution in [2.75, 3.05) is 4.90 Å². The molecule has 0 N–H and O–H groups in total. The van der Waals surface area contributed by atoms with Gasteiger partial charge in [0.2, 0.25) is 0 Å². The van der Waals surface area contributed by atoms with Gasteiger partial charge in [-0.25, -0.2) is 0 Å². The highest BCUT2D eigenvalue weighted by atomic mass is 15.1. The summed E-state index contributed by atoms with van der Waals surface area (Å²) in [5.74, 6) is 0. The van der Waals surface area contributed by atoms with Gasteiger partial charge in [-0.05, 0) is 115 Å². The van der Waals surface area contributed by atoms with Crippen LogP contribution in [-0.4, -0.2) is 0 Å². The van der Waals surface area contributed by atoms with Crippen molar-refractivity contribution in [3.63, 3.8) is 0 Å². The summed E-state index contributed by atoms with van der Waals surface area (Å²) in [4.78, 5) is 2.32. The lowest BCUT2D eigenvalue weighted by Crippen LogP contribution is -2.24. The summed E-state index contributed by atoms with van der Waals surface area (Å²) in [6.45, 7) is 4.75. The van der Waals surface area contributed by atoms with Crippen LogP contribution in [0, 0.1) is 0 Å². The van der Waals surface area contributed by atoms with Crippen LogP contribution in [0.1, 0.15) is 25.0 Å². The van der Waals surface area contributed by atoms with E-state index >= 15 is 0 Å². The standard InChI is InChI=1S/C47H35N/c1-47(2)43-29-25-37(36-21-20-32-12-9-10-13-35(32)30-36)31-42(43)46-41(28-24-34-14-11-19-44(47)45(34)46)33-22-26-40(27-23-33)48(38-15-5-3-6-16-38)39-17-7-4-8-18-39/h3-31H,1-2H3. The van der Waals surface area contributed by atoms with E-state index in [1.165, 1.54) is 66.1 Å². The summed E-state index contributed by atoms with van der Waals surface area (Å²) < 4.78 is 0. The number of rotatable bonds is 5. The van der Waals surface area contributed by atoms with Gasteiger partial charge in [-0.3, -0.25) is 0 Å². The summed E-state index contributed by atoms with van der Waals surface area (Å²) >= 11 is 0. The molecule has 1 heteroatoms. The number of hydrogen-bond donors (Lipinski definition) is 0. The molecule has 228 valence electrons. The molecule has 0 heterocycles. The molecule has 8 aromatic rings. The molecule has 0 fully saturated rings. The second-order valence-electron chi connectivity index (χ2n) is 13.4. The SMILES string of the molecule is CC1(C)c2ccc(-c3ccc4ccccc4c3)cc2-c2c(-c3ccc(N(c4ccccc4)c4ccccc4)cc3)ccc3cccc1c23. The number of fused-ring (bicyclic) bond motifs is 3. The molecule has 0 unspecified atom stereocenters. The fraction of sp³-hybridized carbons (Fsp3) is 0.0638. The first-order chi connectivity index (χ1) is 23.6. The Labute approximate surface area is 282 Å². The third-order valence-corrected chi connectivity index (χ3v) is 10.2. The first-order valence-electron chi connectivity index (χ1n) is 16.8. The van der Waals surface area contributed by atoms with Gasteiger partial charge < -0.3 is 4.90 Å². The molecular weight excluding hydrogens is 579 g/mol. The molecule has 0 bridgehead atoms. The van der Waals surface area contributed by atoms with E-state index in [1.807, 2.05) is 0 Å². The molecule has 1 nitrogen and oxygen atoms in total. The van der Waals surface area contributed by atoms with E-state index in [2.05, 4.69) is 195 Å². The second-order valence-corrected chi connectivity index (χ2v) is 13.4. The monoisotopic (exact) mass is 613 g/mol. The van der Waals surface area contributed by atoms with Crippen molar-refractivity contribution in [1.29, 1.82) is 0 Å². The van der Waals surface area contributed by atoms with Gasteiger partial charge in [-0.15, -0.1) is 0 Å². The summed E-state index contributed by atoms with van der Waals surface area (Å²) in [7, 11) is 0. The minimum atomic E-state index is -0.127. The van der Waals surface area contributed by atoms with E-state index in [0.717, 1.165) is 17.1 Å². The quantitative estimate of drug-likeness (QED) is 0.187. The molecule has 1 aliphatic carbocycles. The van der Waals surface area contributed by atoms with Crippen LogP contribution < -0.4 is 4.90 Å². The minimum Gasteiger partial charge on any atom is -0.311 e. The topological polar surface area (TPSA) is 3.24 Å². The molecule has 0 radical (unpaired) electrons. The second kappa shape index (κ2) is 11.1. The number of hydrogen-bond acceptors (Lipinski definition) is 1. The Balaban J connectivity index is 1.23. The van der Waals surface area contributed by atoms with Gasteiger partial charge in [0.15, 0.2) is 0 Å². The average Bonchev–Trinajstić information content (AvgIpc) is 3.14. The molecule has 0 atom stereocenters. The van der Waals surface area contributed by atoms with Crippen molar-refractivity contribution in [2.24, 2.45) is 0 Å². The van der Waals surface area contributed by atoms with Crippen LogP contribution in [0.2, 0.25) is 0 Å². The van der Waals surface area contributed by atoms with E-state index < -0.39 is 0 Å². The Hall–Kier alpha value is -5.92. The lowest BCUT2D eigenvalue weighted by molar-refractivity contribution is 0.645. The van der Waals surface area contributed by atoms with Crippen LogP contribution in [0.25, 0.3) is 54.9 Å². The van der Waals surface area contributed by atoms with Crippen LogP contribution in [0.5, 0.6) is 0 Å². The van der Waals surface area contributed by atoms with Crippen molar-refractivity contribution >= 4 is 38.6 Å². The van der Waals surface area contributed by atoms with Crippen molar-refractivity contribution in [2.45, 2.75) is 19.3 Å². The first kappa shape index (κ1) is 28.3. The summed E-state index contributed by atoms with van der Waals surface area (Å²) in [5.41, 5.74) is 13.7. The van der Waals surface area contributed by atoms with Crippen LogP contribution in [0.15, 0.2) is 176 Å². The number of para-hydroxylation sites is 2. The Morgan fingerprint density at radius 3 is 1.67 bits per heavy atom. The summed E-state index contributed by atoms with van der Waals surface area (Å²) in [6, 6.07) is 64.3. The van der Waals surface area contributed by atoms with E-state index in [1.54, 1.807) is 0 Å². The molecule has 0 aromatic heterocycles. The molecule has 0 amide bonds. The first-order valence-corrected chi connectivity index (χ1v) is 16.8. The lowest BCUT2D eigenvalue weighted by Gasteiger charge is -2.36. The van der Waals surface area contributed by atoms with Crippen molar-refractivity contribution < 1.29 is 0 Å². The fourth-order valence-electron chi connectivity index (χ4n) is 7.80. The molecule has 8 aromatic carbocycles. The maximum absolute atomic E-state index is 2.44. The highest BCUT2D eigenvalue weighted by Crippen LogP contribution is 2.52. The van der Waals surface area contributed by atoms with Gasteiger partial charge in [0.25, 0.3) is 0 Å². The minimum absolute atomic E-state index is 0.127. The Kier molecular flexibility index (Phi) is 6.55. The van der Waals surface area contributed by atoms with Crippen LogP contribution in [0.4, 0.5) is 17.1 Å². The van der Waals surface area contributed by atoms with E-state index in [4.69, 9.17) is 0 Å². The summed E-state index contributed by atoms with van der Waals surface area (Å²) in [5, 5.41) is 5.18. The smallest absolute Gasteiger partial charge is 0.0462 e. The molecule has 9 rings (SSSR count). The Bertz CT molecular complexity index is 2420. The van der Waals surface area contributed by atoms with Crippen LogP contribution in [-0.2, 0) is 5.41 Å². The lowest BCUT2D eigenvalue weighted by atomic mass is 9.67. The average molecular weight is 614 g/mol. The zero-order valence-electron chi connectivity index (χ0n) is 27.2. The fourth-order valence-corrected chi connectivity index (χ4v) is 7.80. The predicted octanol–water partition coefficient (Wildman–Crippen LogP) is 13.1. The van der Waals surface area contributed by atoms with E-state index in [9.17, 15) is 0 Å². The number of anilines is 3. The highest BCUT2D eigenvalue weighted by molar-refractivity contribution is 6.09. The third kappa shape index (κ3) is 4.54. The van der Waals surface area contributed by atoms with Crippen molar-refractivity contribution in [3.8, 4) is 33.4 Å². The Morgan fingerprint density at radius 1 is 0.375 bits per heavy atom. The molecule has 0 saturated carbocycles. The van der Waals surface area contributed by atoms with Gasteiger partial charge in [0, 0.05) is 22.5 Å². The van der Waals surface area contributed by atoms with Gasteiger partial charge >= 0.3 is 0 Å². The van der Waals surface area contributed by atoms with Gasteiger partial charge in [-0.2, -0.15) is 0 Å².